The van der Waals surface area contributed by atoms with Crippen LogP contribution in [-0.2, 0) is 4.79 Å². The molecule has 0 aromatic heterocycles. The molecule has 6 heteroatoms. The Kier molecular flexibility index (Phi) is 5.16. The monoisotopic (exact) mass is 400 g/mol. The van der Waals surface area contributed by atoms with Gasteiger partial charge in [-0.25, -0.2) is 0 Å². The molecule has 5 rings (SSSR count). The van der Waals surface area contributed by atoms with Gasteiger partial charge in [0.15, 0.2) is 11.5 Å². The molecule has 0 radical (unpaired) electrons. The van der Waals surface area contributed by atoms with Crippen molar-refractivity contribution in [3.05, 3.63) is 23.8 Å². The SMILES string of the molecule is O=C(CN1CC[C@@]2(O)CCCC[C@H]2[C@H]1c1ccc2c(c1)OCO2)N1CCCCC1. The summed E-state index contributed by atoms with van der Waals surface area (Å²) in [5, 5.41) is 11.4. The molecule has 1 amide bonds. The summed E-state index contributed by atoms with van der Waals surface area (Å²) in [4.78, 5) is 17.4. The standard InChI is InChI=1S/C23H32N2O4/c26-21(24-11-4-1-5-12-24)15-25-13-10-23(27)9-3-2-6-18(23)22(25)17-7-8-19-20(14-17)29-16-28-19/h7-8,14,18,22,27H,1-6,9-13,15-16H2/t18-,22+,23-/m0/s1. The molecule has 0 unspecified atom stereocenters. The molecule has 3 aliphatic heterocycles. The second-order valence-corrected chi connectivity index (χ2v) is 9.18. The number of piperidine rings is 2. The number of fused-ring (bicyclic) bond motifs is 2. The van der Waals surface area contributed by atoms with Gasteiger partial charge in [0.2, 0.25) is 12.7 Å². The molecular formula is C23H32N2O4. The molecule has 2 saturated heterocycles. The Labute approximate surface area is 172 Å². The van der Waals surface area contributed by atoms with Crippen LogP contribution >= 0.6 is 0 Å². The third kappa shape index (κ3) is 3.61. The number of carbonyl (C=O) groups is 1. The number of rotatable bonds is 3. The molecule has 3 atom stereocenters. The van der Waals surface area contributed by atoms with Crippen LogP contribution in [0, 0.1) is 5.92 Å². The first-order valence-electron chi connectivity index (χ1n) is 11.3. The molecule has 1 saturated carbocycles. The number of hydrogen-bond donors (Lipinski definition) is 1. The average molecular weight is 401 g/mol. The van der Waals surface area contributed by atoms with E-state index in [9.17, 15) is 9.90 Å². The molecule has 6 nitrogen and oxygen atoms in total. The third-order valence-electron chi connectivity index (χ3n) is 7.46. The van der Waals surface area contributed by atoms with Crippen molar-refractivity contribution in [1.29, 1.82) is 0 Å². The van der Waals surface area contributed by atoms with Crippen LogP contribution in [0.2, 0.25) is 0 Å². The molecule has 1 aromatic rings. The van der Waals surface area contributed by atoms with Crippen molar-refractivity contribution in [2.75, 3.05) is 33.0 Å². The van der Waals surface area contributed by atoms with Crippen LogP contribution in [0.5, 0.6) is 11.5 Å². The molecule has 1 aliphatic carbocycles. The van der Waals surface area contributed by atoms with E-state index in [2.05, 4.69) is 17.0 Å². The van der Waals surface area contributed by atoms with Gasteiger partial charge in [-0.15, -0.1) is 0 Å². The van der Waals surface area contributed by atoms with E-state index in [1.54, 1.807) is 0 Å². The smallest absolute Gasteiger partial charge is 0.236 e. The number of carbonyl (C=O) groups excluding carboxylic acids is 1. The highest BCUT2D eigenvalue weighted by atomic mass is 16.7. The summed E-state index contributed by atoms with van der Waals surface area (Å²) in [5.41, 5.74) is 0.509. The van der Waals surface area contributed by atoms with E-state index in [0.29, 0.717) is 6.54 Å². The molecule has 1 N–H and O–H groups in total. The fourth-order valence-corrected chi connectivity index (χ4v) is 5.88. The molecule has 158 valence electrons. The summed E-state index contributed by atoms with van der Waals surface area (Å²) in [7, 11) is 0. The van der Waals surface area contributed by atoms with Gasteiger partial charge in [-0.2, -0.15) is 0 Å². The zero-order valence-corrected chi connectivity index (χ0v) is 17.1. The molecule has 0 bridgehead atoms. The quantitative estimate of drug-likeness (QED) is 0.845. The second kappa shape index (κ2) is 7.80. The molecule has 0 spiro atoms. The van der Waals surface area contributed by atoms with Crippen LogP contribution in [-0.4, -0.2) is 59.4 Å². The van der Waals surface area contributed by atoms with Gasteiger partial charge in [-0.1, -0.05) is 18.9 Å². The zero-order valence-electron chi connectivity index (χ0n) is 17.1. The second-order valence-electron chi connectivity index (χ2n) is 9.18. The normalized spacial score (nSPS) is 32.1. The number of benzene rings is 1. The van der Waals surface area contributed by atoms with Crippen LogP contribution in [0.4, 0.5) is 0 Å². The first-order chi connectivity index (χ1) is 14.1. The summed E-state index contributed by atoms with van der Waals surface area (Å²) in [6.45, 7) is 3.22. The molecule has 1 aromatic carbocycles. The van der Waals surface area contributed by atoms with Crippen molar-refractivity contribution in [3.63, 3.8) is 0 Å². The Balaban J connectivity index is 1.43. The lowest BCUT2D eigenvalue weighted by Gasteiger charge is -2.52. The van der Waals surface area contributed by atoms with E-state index in [1.165, 1.54) is 6.42 Å². The Bertz CT molecular complexity index is 763. The van der Waals surface area contributed by atoms with Crippen LogP contribution in [0.1, 0.15) is 63.0 Å². The number of aliphatic hydroxyl groups is 1. The van der Waals surface area contributed by atoms with Gasteiger partial charge in [0.25, 0.3) is 0 Å². The van der Waals surface area contributed by atoms with Crippen molar-refractivity contribution in [2.45, 2.75) is 63.0 Å². The first kappa shape index (κ1) is 19.2. The Hall–Kier alpha value is -1.79. The summed E-state index contributed by atoms with van der Waals surface area (Å²) in [6.07, 6.45) is 8.31. The number of nitrogens with zero attached hydrogens (tertiary/aromatic N) is 2. The first-order valence-corrected chi connectivity index (χ1v) is 11.3. The Morgan fingerprint density at radius 2 is 1.86 bits per heavy atom. The summed E-state index contributed by atoms with van der Waals surface area (Å²) in [6, 6.07) is 6.17. The van der Waals surface area contributed by atoms with Gasteiger partial charge in [0, 0.05) is 31.6 Å². The third-order valence-corrected chi connectivity index (χ3v) is 7.46. The van der Waals surface area contributed by atoms with Crippen molar-refractivity contribution in [2.24, 2.45) is 5.92 Å². The van der Waals surface area contributed by atoms with Crippen LogP contribution in [0.25, 0.3) is 0 Å². The van der Waals surface area contributed by atoms with Crippen molar-refractivity contribution < 1.29 is 19.4 Å². The lowest BCUT2D eigenvalue weighted by atomic mass is 9.66. The average Bonchev–Trinajstić information content (AvgIpc) is 3.22. The van der Waals surface area contributed by atoms with E-state index in [-0.39, 0.29) is 24.7 Å². The van der Waals surface area contributed by atoms with Crippen molar-refractivity contribution in [3.8, 4) is 11.5 Å². The summed E-state index contributed by atoms with van der Waals surface area (Å²) < 4.78 is 11.1. The number of amides is 1. The molecule has 3 heterocycles. The minimum absolute atomic E-state index is 0.0392. The number of ether oxygens (including phenoxy) is 2. The van der Waals surface area contributed by atoms with E-state index < -0.39 is 5.60 Å². The van der Waals surface area contributed by atoms with E-state index in [1.807, 2.05) is 11.0 Å². The van der Waals surface area contributed by atoms with E-state index in [4.69, 9.17) is 9.47 Å². The van der Waals surface area contributed by atoms with Crippen LogP contribution in [0.15, 0.2) is 18.2 Å². The summed E-state index contributed by atoms with van der Waals surface area (Å²) in [5.74, 6) is 1.94. The van der Waals surface area contributed by atoms with Gasteiger partial charge in [-0.3, -0.25) is 9.69 Å². The topological polar surface area (TPSA) is 62.2 Å². The largest absolute Gasteiger partial charge is 0.454 e. The minimum atomic E-state index is -0.621. The lowest BCUT2D eigenvalue weighted by Crippen LogP contribution is -2.56. The van der Waals surface area contributed by atoms with Crippen LogP contribution in [0.3, 0.4) is 0 Å². The summed E-state index contributed by atoms with van der Waals surface area (Å²) >= 11 is 0. The molecule has 4 aliphatic rings. The maximum absolute atomic E-state index is 13.0. The van der Waals surface area contributed by atoms with E-state index >= 15 is 0 Å². The molecular weight excluding hydrogens is 368 g/mol. The highest BCUT2D eigenvalue weighted by Gasteiger charge is 2.49. The van der Waals surface area contributed by atoms with Gasteiger partial charge in [0.1, 0.15) is 0 Å². The van der Waals surface area contributed by atoms with E-state index in [0.717, 1.165) is 81.6 Å². The van der Waals surface area contributed by atoms with Gasteiger partial charge in [-0.05, 0) is 56.2 Å². The van der Waals surface area contributed by atoms with Gasteiger partial charge >= 0.3 is 0 Å². The molecule has 3 fully saturated rings. The highest BCUT2D eigenvalue weighted by molar-refractivity contribution is 5.78. The van der Waals surface area contributed by atoms with Gasteiger partial charge < -0.3 is 19.5 Å². The zero-order chi connectivity index (χ0) is 19.8. The highest BCUT2D eigenvalue weighted by Crippen LogP contribution is 2.50. The van der Waals surface area contributed by atoms with Crippen molar-refractivity contribution >= 4 is 5.91 Å². The fraction of sp³-hybridized carbons (Fsp3) is 0.696. The number of hydrogen-bond acceptors (Lipinski definition) is 5. The maximum Gasteiger partial charge on any atom is 0.236 e. The van der Waals surface area contributed by atoms with Crippen LogP contribution < -0.4 is 9.47 Å². The molecule has 29 heavy (non-hydrogen) atoms. The lowest BCUT2D eigenvalue weighted by molar-refractivity contribution is -0.145. The minimum Gasteiger partial charge on any atom is -0.454 e. The maximum atomic E-state index is 13.0. The fourth-order valence-electron chi connectivity index (χ4n) is 5.88. The number of likely N-dealkylation sites (tertiary alicyclic amines) is 2. The van der Waals surface area contributed by atoms with Crippen molar-refractivity contribution in [1.82, 2.24) is 9.80 Å². The van der Waals surface area contributed by atoms with Gasteiger partial charge in [0.05, 0.1) is 12.1 Å². The Morgan fingerprint density at radius 1 is 1.03 bits per heavy atom. The Morgan fingerprint density at radius 3 is 2.72 bits per heavy atom. The predicted octanol–water partition coefficient (Wildman–Crippen LogP) is 3.10. The predicted molar refractivity (Wildman–Crippen MR) is 109 cm³/mol.